The van der Waals surface area contributed by atoms with E-state index in [0.717, 1.165) is 38.3 Å². The van der Waals surface area contributed by atoms with Gasteiger partial charge in [-0.2, -0.15) is 9.05 Å². The van der Waals surface area contributed by atoms with E-state index in [1.807, 2.05) is 18.2 Å². The highest BCUT2D eigenvalue weighted by Gasteiger charge is 2.41. The molecule has 1 aliphatic heterocycles. The zero-order valence-electron chi connectivity index (χ0n) is 15.4. The van der Waals surface area contributed by atoms with E-state index in [1.165, 1.54) is 5.56 Å². The fraction of sp³-hybridized carbons (Fsp3) is 0.579. The molecular weight excluding hydrogens is 321 g/mol. The van der Waals surface area contributed by atoms with E-state index in [2.05, 4.69) is 44.2 Å². The van der Waals surface area contributed by atoms with E-state index in [-0.39, 0.29) is 11.5 Å². The summed E-state index contributed by atoms with van der Waals surface area (Å²) in [6.07, 6.45) is 4.19. The summed E-state index contributed by atoms with van der Waals surface area (Å²) in [5, 5.41) is 0. The van der Waals surface area contributed by atoms with Crippen LogP contribution in [0.3, 0.4) is 0 Å². The summed E-state index contributed by atoms with van der Waals surface area (Å²) in [5.41, 5.74) is 1.32. The molecule has 1 heterocycles. The molecule has 1 unspecified atom stereocenters. The molecule has 24 heavy (non-hydrogen) atoms. The van der Waals surface area contributed by atoms with E-state index < -0.39 is 8.53 Å². The van der Waals surface area contributed by atoms with Gasteiger partial charge in [-0.15, -0.1) is 11.2 Å². The van der Waals surface area contributed by atoms with Crippen molar-refractivity contribution < 1.29 is 13.8 Å². The van der Waals surface area contributed by atoms with Gasteiger partial charge in [0.25, 0.3) is 0 Å². The van der Waals surface area contributed by atoms with Gasteiger partial charge in [0, 0.05) is 5.41 Å². The summed E-state index contributed by atoms with van der Waals surface area (Å²) < 4.78 is 19.9. The van der Waals surface area contributed by atoms with Gasteiger partial charge in [-0.05, 0) is 24.1 Å². The first-order valence-corrected chi connectivity index (χ1v) is 9.90. The van der Waals surface area contributed by atoms with Crippen LogP contribution in [0.25, 0.3) is 0 Å². The highest BCUT2D eigenvalue weighted by molar-refractivity contribution is 7.44. The van der Waals surface area contributed by atoms with Crippen LogP contribution in [0.4, 0.5) is 0 Å². The van der Waals surface area contributed by atoms with Crippen molar-refractivity contribution in [1.82, 2.24) is 4.67 Å². The lowest BCUT2D eigenvalue weighted by atomic mass is 9.97. The molecule has 1 fully saturated rings. The molecular formula is C19H31NO3P+. The van der Waals surface area contributed by atoms with Gasteiger partial charge in [0.1, 0.15) is 19.0 Å². The van der Waals surface area contributed by atoms with Crippen molar-refractivity contribution in [1.29, 1.82) is 0 Å². The lowest BCUT2D eigenvalue weighted by Crippen LogP contribution is -2.36. The molecule has 1 saturated heterocycles. The summed E-state index contributed by atoms with van der Waals surface area (Å²) in [6.45, 7) is 12.9. The Bertz CT molecular complexity index is 508. The van der Waals surface area contributed by atoms with E-state index in [0.29, 0.717) is 0 Å². The first-order valence-electron chi connectivity index (χ1n) is 8.63. The van der Waals surface area contributed by atoms with Crippen LogP contribution in [0.2, 0.25) is 0 Å². The van der Waals surface area contributed by atoms with Crippen molar-refractivity contribution >= 4 is 8.53 Å². The monoisotopic (exact) mass is 352 g/mol. The standard InChI is InChI=1S/C19H30NO3P/c1-6-8-17(7-2)20(24-22-14-19(3,4)15-23-24)13-16-9-11-18(21-5)12-10-16/h7,9-12,17H,2,6,8,13-15H2,1,3-5H3/p+1. The number of benzene rings is 1. The Balaban J connectivity index is 2.14. The molecule has 0 spiro atoms. The summed E-state index contributed by atoms with van der Waals surface area (Å²) in [4.78, 5) is 0. The molecule has 0 saturated carbocycles. The van der Waals surface area contributed by atoms with E-state index in [4.69, 9.17) is 13.8 Å². The Morgan fingerprint density at radius 2 is 1.92 bits per heavy atom. The van der Waals surface area contributed by atoms with Gasteiger partial charge < -0.3 is 4.74 Å². The van der Waals surface area contributed by atoms with Crippen molar-refractivity contribution in [3.8, 4) is 5.75 Å². The molecule has 0 N–H and O–H groups in total. The Morgan fingerprint density at radius 1 is 1.29 bits per heavy atom. The molecule has 0 aromatic heterocycles. The molecule has 1 aromatic carbocycles. The SMILES string of the molecule is C=CC(CCC)N(Cc1ccc(OC)cc1)[PH+]1OCC(C)(C)CO1. The number of hydrogen-bond acceptors (Lipinski definition) is 4. The average Bonchev–Trinajstić information content (AvgIpc) is 2.59. The maximum absolute atomic E-state index is 6.13. The number of rotatable bonds is 8. The zero-order valence-corrected chi connectivity index (χ0v) is 16.4. The third-order valence-electron chi connectivity index (χ3n) is 4.18. The lowest BCUT2D eigenvalue weighted by Gasteiger charge is -2.34. The molecule has 0 aliphatic carbocycles. The average molecular weight is 352 g/mol. The third-order valence-corrected chi connectivity index (χ3v) is 5.92. The topological polar surface area (TPSA) is 30.9 Å². The fourth-order valence-electron chi connectivity index (χ4n) is 2.70. The smallest absolute Gasteiger partial charge is 0.336 e. The Kier molecular flexibility index (Phi) is 7.24. The summed E-state index contributed by atoms with van der Waals surface area (Å²) in [7, 11) is 0.216. The Hall–Kier alpha value is -0.930. The molecule has 1 aliphatic rings. The van der Waals surface area contributed by atoms with Gasteiger partial charge in [-0.25, -0.2) is 0 Å². The third kappa shape index (κ3) is 5.29. The molecule has 0 radical (unpaired) electrons. The second kappa shape index (κ2) is 8.96. The van der Waals surface area contributed by atoms with Crippen molar-refractivity contribution in [3.63, 3.8) is 0 Å². The normalized spacial score (nSPS) is 19.2. The first-order chi connectivity index (χ1) is 11.5. The minimum absolute atomic E-state index is 0.0916. The molecule has 4 nitrogen and oxygen atoms in total. The van der Waals surface area contributed by atoms with E-state index >= 15 is 0 Å². The summed E-state index contributed by atoms with van der Waals surface area (Å²) >= 11 is 0. The van der Waals surface area contributed by atoms with Crippen LogP contribution in [0.15, 0.2) is 36.9 Å². The molecule has 0 bridgehead atoms. The van der Waals surface area contributed by atoms with Gasteiger partial charge in [0.2, 0.25) is 0 Å². The van der Waals surface area contributed by atoms with Gasteiger partial charge in [0.05, 0.1) is 19.7 Å². The van der Waals surface area contributed by atoms with Crippen molar-refractivity contribution in [2.24, 2.45) is 5.41 Å². The predicted octanol–water partition coefficient (Wildman–Crippen LogP) is 4.88. The highest BCUT2D eigenvalue weighted by Crippen LogP contribution is 2.51. The molecule has 5 heteroatoms. The molecule has 1 atom stereocenters. The lowest BCUT2D eigenvalue weighted by molar-refractivity contribution is 0.0405. The number of ether oxygens (including phenoxy) is 1. The maximum Gasteiger partial charge on any atom is 0.336 e. The van der Waals surface area contributed by atoms with Crippen molar-refractivity contribution in [2.75, 3.05) is 20.3 Å². The predicted molar refractivity (Wildman–Crippen MR) is 101 cm³/mol. The second-order valence-corrected chi connectivity index (χ2v) is 8.76. The van der Waals surface area contributed by atoms with E-state index in [1.54, 1.807) is 7.11 Å². The Morgan fingerprint density at radius 3 is 2.42 bits per heavy atom. The molecule has 0 amide bonds. The second-order valence-electron chi connectivity index (χ2n) is 7.08. The van der Waals surface area contributed by atoms with Crippen molar-refractivity contribution in [3.05, 3.63) is 42.5 Å². The van der Waals surface area contributed by atoms with E-state index in [9.17, 15) is 0 Å². The van der Waals surface area contributed by atoms with Gasteiger partial charge in [-0.3, -0.25) is 0 Å². The molecule has 2 rings (SSSR count). The highest BCUT2D eigenvalue weighted by atomic mass is 31.2. The first kappa shape index (κ1) is 19.4. The summed E-state index contributed by atoms with van der Waals surface area (Å²) in [5.74, 6) is 0.875. The van der Waals surface area contributed by atoms with Gasteiger partial charge in [-0.1, -0.05) is 45.4 Å². The van der Waals surface area contributed by atoms with Crippen LogP contribution in [-0.2, 0) is 15.6 Å². The van der Waals surface area contributed by atoms with Crippen LogP contribution in [-0.4, -0.2) is 31.0 Å². The van der Waals surface area contributed by atoms with Crippen LogP contribution in [0.1, 0.15) is 39.2 Å². The van der Waals surface area contributed by atoms with Crippen LogP contribution >= 0.6 is 8.53 Å². The van der Waals surface area contributed by atoms with Crippen LogP contribution < -0.4 is 4.74 Å². The fourth-order valence-corrected chi connectivity index (χ4v) is 4.97. The van der Waals surface area contributed by atoms with Gasteiger partial charge >= 0.3 is 8.53 Å². The quantitative estimate of drug-likeness (QED) is 0.493. The largest absolute Gasteiger partial charge is 0.497 e. The molecule has 1 aromatic rings. The minimum Gasteiger partial charge on any atom is -0.497 e. The summed E-state index contributed by atoms with van der Waals surface area (Å²) in [6, 6.07) is 8.48. The number of nitrogens with zero attached hydrogens (tertiary/aromatic N) is 1. The maximum atomic E-state index is 6.13. The zero-order chi connectivity index (χ0) is 17.6. The van der Waals surface area contributed by atoms with Crippen molar-refractivity contribution in [2.45, 2.75) is 46.2 Å². The molecule has 134 valence electrons. The van der Waals surface area contributed by atoms with Gasteiger partial charge in [0.15, 0.2) is 0 Å². The number of methoxy groups -OCH3 is 1. The minimum atomic E-state index is -1.47. The van der Waals surface area contributed by atoms with Crippen LogP contribution in [0.5, 0.6) is 5.75 Å². The number of hydrogen-bond donors (Lipinski definition) is 0. The van der Waals surface area contributed by atoms with Crippen LogP contribution in [0, 0.1) is 5.41 Å². The Labute approximate surface area is 147 Å².